The van der Waals surface area contributed by atoms with Crippen LogP contribution in [0.15, 0.2) is 64.5 Å². The summed E-state index contributed by atoms with van der Waals surface area (Å²) >= 11 is 1.62. The number of hydrogen-bond acceptors (Lipinski definition) is 4. The number of nitrogens with zero attached hydrogens (tertiary/aromatic N) is 3. The summed E-state index contributed by atoms with van der Waals surface area (Å²) in [6, 6.07) is 13.2. The number of non-ortho nitro benzene ring substituents is 1. The molecule has 0 spiro atoms. The number of thiazole rings is 1. The maximum absolute atomic E-state index is 11.0. The number of hydrogen-bond donors (Lipinski definition) is 0. The van der Waals surface area contributed by atoms with Crippen LogP contribution in [0.1, 0.15) is 43.2 Å². The fourth-order valence-electron chi connectivity index (χ4n) is 4.13. The van der Waals surface area contributed by atoms with Crippen LogP contribution in [0.25, 0.3) is 11.3 Å². The van der Waals surface area contributed by atoms with Gasteiger partial charge in [0.05, 0.1) is 16.3 Å². The Balaban J connectivity index is 1.74. The van der Waals surface area contributed by atoms with Crippen molar-refractivity contribution in [3.8, 4) is 11.3 Å². The molecule has 6 heteroatoms. The van der Waals surface area contributed by atoms with Crippen molar-refractivity contribution in [2.45, 2.75) is 52.5 Å². The van der Waals surface area contributed by atoms with Gasteiger partial charge in [0.15, 0.2) is 4.80 Å². The fourth-order valence-corrected chi connectivity index (χ4v) is 5.09. The molecule has 2 aromatic carbocycles. The molecule has 0 saturated heterocycles. The Kier molecular flexibility index (Phi) is 6.47. The number of nitro groups is 1. The maximum atomic E-state index is 11.0. The molecule has 0 saturated carbocycles. The van der Waals surface area contributed by atoms with Gasteiger partial charge < -0.3 is 4.57 Å². The minimum atomic E-state index is -0.359. The van der Waals surface area contributed by atoms with Gasteiger partial charge in [-0.3, -0.25) is 10.1 Å². The molecule has 160 valence electrons. The third kappa shape index (κ3) is 5.20. The topological polar surface area (TPSA) is 60.4 Å². The SMILES string of the molecule is Cc1cc(C)cc(N=c2scc(-c3ccc([N+](=O)[O-])cc3)n2CCC2=CCCCC2)c1. The molecule has 0 atom stereocenters. The third-order valence-electron chi connectivity index (χ3n) is 5.64. The van der Waals surface area contributed by atoms with Crippen LogP contribution in [0, 0.1) is 24.0 Å². The molecule has 4 rings (SSSR count). The molecule has 1 aliphatic rings. The average molecular weight is 434 g/mol. The minimum absolute atomic E-state index is 0.109. The van der Waals surface area contributed by atoms with E-state index in [1.54, 1.807) is 23.5 Å². The summed E-state index contributed by atoms with van der Waals surface area (Å²) in [5, 5.41) is 13.1. The maximum Gasteiger partial charge on any atom is 0.269 e. The van der Waals surface area contributed by atoms with E-state index in [1.807, 2.05) is 12.1 Å². The van der Waals surface area contributed by atoms with E-state index in [2.05, 4.69) is 48.1 Å². The highest BCUT2D eigenvalue weighted by Crippen LogP contribution is 2.26. The zero-order valence-corrected chi connectivity index (χ0v) is 18.8. The second kappa shape index (κ2) is 9.43. The van der Waals surface area contributed by atoms with Gasteiger partial charge >= 0.3 is 0 Å². The lowest BCUT2D eigenvalue weighted by Crippen LogP contribution is -2.16. The van der Waals surface area contributed by atoms with E-state index in [9.17, 15) is 10.1 Å². The molecule has 0 radical (unpaired) electrons. The fraction of sp³-hybridized carbons (Fsp3) is 0.320. The minimum Gasteiger partial charge on any atom is -0.316 e. The number of aryl methyl sites for hydroxylation is 2. The van der Waals surface area contributed by atoms with Crippen molar-refractivity contribution >= 4 is 22.7 Å². The van der Waals surface area contributed by atoms with Crippen LogP contribution in [0.3, 0.4) is 0 Å². The van der Waals surface area contributed by atoms with Crippen molar-refractivity contribution in [3.05, 3.63) is 85.5 Å². The molecule has 0 unspecified atom stereocenters. The lowest BCUT2D eigenvalue weighted by molar-refractivity contribution is -0.384. The smallest absolute Gasteiger partial charge is 0.269 e. The summed E-state index contributed by atoms with van der Waals surface area (Å²) in [7, 11) is 0. The molecule has 5 nitrogen and oxygen atoms in total. The molecule has 0 bridgehead atoms. The first-order valence-electron chi connectivity index (χ1n) is 10.7. The van der Waals surface area contributed by atoms with E-state index in [0.29, 0.717) is 0 Å². The molecule has 1 aliphatic carbocycles. The van der Waals surface area contributed by atoms with Crippen molar-refractivity contribution < 1.29 is 4.92 Å². The number of allylic oxidation sites excluding steroid dienone is 2. The third-order valence-corrected chi connectivity index (χ3v) is 6.51. The Labute approximate surface area is 186 Å². The van der Waals surface area contributed by atoms with Gasteiger partial charge in [-0.25, -0.2) is 4.99 Å². The van der Waals surface area contributed by atoms with Crippen LogP contribution in [0.5, 0.6) is 0 Å². The summed E-state index contributed by atoms with van der Waals surface area (Å²) in [5.41, 5.74) is 7.02. The van der Waals surface area contributed by atoms with Crippen LogP contribution < -0.4 is 4.80 Å². The number of aromatic nitrogens is 1. The Morgan fingerprint density at radius 2 is 1.84 bits per heavy atom. The summed E-state index contributed by atoms with van der Waals surface area (Å²) in [4.78, 5) is 16.6. The van der Waals surface area contributed by atoms with Gasteiger partial charge in [-0.15, -0.1) is 11.3 Å². The average Bonchev–Trinajstić information content (AvgIpc) is 3.14. The van der Waals surface area contributed by atoms with E-state index in [1.165, 1.54) is 42.4 Å². The Morgan fingerprint density at radius 1 is 1.10 bits per heavy atom. The van der Waals surface area contributed by atoms with E-state index >= 15 is 0 Å². The van der Waals surface area contributed by atoms with Crippen molar-refractivity contribution in [1.82, 2.24) is 4.57 Å². The van der Waals surface area contributed by atoms with Crippen LogP contribution in [-0.2, 0) is 6.54 Å². The highest BCUT2D eigenvalue weighted by molar-refractivity contribution is 7.07. The Hall–Kier alpha value is -2.99. The molecule has 0 amide bonds. The number of benzene rings is 2. The number of rotatable bonds is 6. The number of nitro benzene ring substituents is 1. The van der Waals surface area contributed by atoms with Crippen LogP contribution in [-0.4, -0.2) is 9.49 Å². The monoisotopic (exact) mass is 433 g/mol. The van der Waals surface area contributed by atoms with Crippen LogP contribution >= 0.6 is 11.3 Å². The Morgan fingerprint density at radius 3 is 2.48 bits per heavy atom. The zero-order chi connectivity index (χ0) is 21.8. The molecule has 0 fully saturated rings. The molecule has 1 heterocycles. The van der Waals surface area contributed by atoms with Gasteiger partial charge in [-0.2, -0.15) is 0 Å². The van der Waals surface area contributed by atoms with E-state index < -0.39 is 0 Å². The molecule has 0 N–H and O–H groups in total. The lowest BCUT2D eigenvalue weighted by atomic mass is 9.97. The first kappa shape index (κ1) is 21.2. The summed E-state index contributed by atoms with van der Waals surface area (Å²) < 4.78 is 2.26. The van der Waals surface area contributed by atoms with Gasteiger partial charge in [0.2, 0.25) is 0 Å². The van der Waals surface area contributed by atoms with Crippen molar-refractivity contribution in [1.29, 1.82) is 0 Å². The first-order valence-corrected chi connectivity index (χ1v) is 11.6. The molecular formula is C25H27N3O2S. The molecule has 31 heavy (non-hydrogen) atoms. The zero-order valence-electron chi connectivity index (χ0n) is 18.0. The van der Waals surface area contributed by atoms with Gasteiger partial charge in [-0.1, -0.05) is 17.7 Å². The van der Waals surface area contributed by atoms with Crippen LogP contribution in [0.4, 0.5) is 11.4 Å². The molecule has 3 aromatic rings. The summed E-state index contributed by atoms with van der Waals surface area (Å²) in [5.74, 6) is 0. The normalized spacial score (nSPS) is 14.5. The highest BCUT2D eigenvalue weighted by atomic mass is 32.1. The van der Waals surface area contributed by atoms with Gasteiger partial charge in [0.1, 0.15) is 0 Å². The van der Waals surface area contributed by atoms with Crippen molar-refractivity contribution in [2.24, 2.45) is 4.99 Å². The van der Waals surface area contributed by atoms with Gasteiger partial charge in [-0.05, 0) is 86.9 Å². The van der Waals surface area contributed by atoms with E-state index in [4.69, 9.17) is 4.99 Å². The summed E-state index contributed by atoms with van der Waals surface area (Å²) in [6.07, 6.45) is 8.32. The highest BCUT2D eigenvalue weighted by Gasteiger charge is 2.12. The molecule has 0 aliphatic heterocycles. The van der Waals surface area contributed by atoms with E-state index in [-0.39, 0.29) is 10.6 Å². The van der Waals surface area contributed by atoms with Crippen molar-refractivity contribution in [3.63, 3.8) is 0 Å². The standard InChI is InChI=1S/C25H27N3O2S/c1-18-14-19(2)16-22(15-18)26-25-27(13-12-20-6-4-3-5-7-20)24(17-31-25)21-8-10-23(11-9-21)28(29)30/h6,8-11,14-17H,3-5,7,12-13H2,1-2H3. The molecule has 1 aromatic heterocycles. The van der Waals surface area contributed by atoms with Gasteiger partial charge in [0.25, 0.3) is 5.69 Å². The largest absolute Gasteiger partial charge is 0.316 e. The quantitative estimate of drug-likeness (QED) is 0.242. The van der Waals surface area contributed by atoms with Crippen molar-refractivity contribution in [2.75, 3.05) is 0 Å². The van der Waals surface area contributed by atoms with Crippen LogP contribution in [0.2, 0.25) is 0 Å². The van der Waals surface area contributed by atoms with E-state index in [0.717, 1.165) is 34.7 Å². The second-order valence-corrected chi connectivity index (χ2v) is 9.01. The first-order chi connectivity index (χ1) is 15.0. The Bertz CT molecular complexity index is 1170. The second-order valence-electron chi connectivity index (χ2n) is 8.18. The predicted octanol–water partition coefficient (Wildman–Crippen LogP) is 6.86. The lowest BCUT2D eigenvalue weighted by Gasteiger charge is -2.14. The summed E-state index contributed by atoms with van der Waals surface area (Å²) in [6.45, 7) is 5.03. The van der Waals surface area contributed by atoms with Gasteiger partial charge in [0, 0.05) is 24.1 Å². The predicted molar refractivity (Wildman–Crippen MR) is 127 cm³/mol. The molecular weight excluding hydrogens is 406 g/mol.